The van der Waals surface area contributed by atoms with Crippen molar-refractivity contribution in [1.82, 2.24) is 19.7 Å². The van der Waals surface area contributed by atoms with Crippen LogP contribution >= 0.6 is 0 Å². The third kappa shape index (κ3) is 3.68. The van der Waals surface area contributed by atoms with E-state index in [9.17, 15) is 4.79 Å². The summed E-state index contributed by atoms with van der Waals surface area (Å²) in [6.07, 6.45) is 4.05. The fourth-order valence-electron chi connectivity index (χ4n) is 1.73. The number of nitrogens with one attached hydrogen (secondary N) is 1. The molecule has 0 fully saturated rings. The second-order valence-electron chi connectivity index (χ2n) is 5.51. The van der Waals surface area contributed by atoms with E-state index in [4.69, 9.17) is 10.5 Å². The Labute approximate surface area is 122 Å². The molecule has 0 aliphatic heterocycles. The van der Waals surface area contributed by atoms with Crippen molar-refractivity contribution < 1.29 is 9.53 Å². The lowest BCUT2D eigenvalue weighted by Crippen LogP contribution is -2.27. The number of nitrogens with zero attached hydrogens (tertiary/aromatic N) is 4. The molecule has 0 radical (unpaired) electrons. The first kappa shape index (κ1) is 14.8. The van der Waals surface area contributed by atoms with Gasteiger partial charge in [0.1, 0.15) is 23.6 Å². The summed E-state index contributed by atoms with van der Waals surface area (Å²) in [5.74, 6) is 0.536. The molecule has 2 rings (SSSR count). The first-order valence-corrected chi connectivity index (χ1v) is 6.36. The number of amides is 1. The summed E-state index contributed by atoms with van der Waals surface area (Å²) in [6, 6.07) is 0. The van der Waals surface area contributed by atoms with Gasteiger partial charge in [-0.25, -0.2) is 14.8 Å². The van der Waals surface area contributed by atoms with Gasteiger partial charge in [0, 0.05) is 18.8 Å². The summed E-state index contributed by atoms with van der Waals surface area (Å²) >= 11 is 0. The Morgan fingerprint density at radius 2 is 2.10 bits per heavy atom. The van der Waals surface area contributed by atoms with Crippen LogP contribution < -0.4 is 11.1 Å². The van der Waals surface area contributed by atoms with Gasteiger partial charge in [-0.1, -0.05) is 0 Å². The van der Waals surface area contributed by atoms with Gasteiger partial charge >= 0.3 is 6.09 Å². The predicted octanol–water partition coefficient (Wildman–Crippen LogP) is 1.81. The van der Waals surface area contributed by atoms with Gasteiger partial charge in [0.15, 0.2) is 0 Å². The van der Waals surface area contributed by atoms with Crippen molar-refractivity contribution in [3.8, 4) is 11.1 Å². The van der Waals surface area contributed by atoms with Gasteiger partial charge in [0.2, 0.25) is 0 Å². The number of aryl methyl sites for hydroxylation is 1. The second kappa shape index (κ2) is 5.39. The van der Waals surface area contributed by atoms with E-state index in [1.54, 1.807) is 44.9 Å². The number of rotatable bonds is 2. The Hall–Kier alpha value is -2.64. The highest BCUT2D eigenvalue weighted by molar-refractivity contribution is 5.92. The maximum Gasteiger partial charge on any atom is 0.413 e. The van der Waals surface area contributed by atoms with Crippen LogP contribution in [0.5, 0.6) is 0 Å². The zero-order valence-electron chi connectivity index (χ0n) is 12.4. The van der Waals surface area contributed by atoms with Crippen LogP contribution in [0.15, 0.2) is 18.7 Å². The predicted molar refractivity (Wildman–Crippen MR) is 78.5 cm³/mol. The van der Waals surface area contributed by atoms with Crippen molar-refractivity contribution in [2.24, 2.45) is 7.05 Å². The van der Waals surface area contributed by atoms with E-state index in [0.717, 1.165) is 0 Å². The van der Waals surface area contributed by atoms with Gasteiger partial charge in [-0.05, 0) is 20.8 Å². The van der Waals surface area contributed by atoms with Crippen LogP contribution in [0.2, 0.25) is 0 Å². The van der Waals surface area contributed by atoms with Crippen molar-refractivity contribution >= 4 is 17.7 Å². The van der Waals surface area contributed by atoms with Gasteiger partial charge in [-0.2, -0.15) is 5.10 Å². The lowest BCUT2D eigenvalue weighted by Gasteiger charge is -2.20. The Bertz CT molecular complexity index is 659. The van der Waals surface area contributed by atoms with E-state index >= 15 is 0 Å². The van der Waals surface area contributed by atoms with E-state index < -0.39 is 11.7 Å². The van der Waals surface area contributed by atoms with Crippen LogP contribution in [0.1, 0.15) is 20.8 Å². The molecule has 3 N–H and O–H groups in total. The summed E-state index contributed by atoms with van der Waals surface area (Å²) in [7, 11) is 1.78. The van der Waals surface area contributed by atoms with E-state index in [2.05, 4.69) is 20.4 Å². The highest BCUT2D eigenvalue weighted by Gasteiger charge is 2.20. The average Bonchev–Trinajstić information content (AvgIpc) is 2.73. The largest absolute Gasteiger partial charge is 0.444 e. The molecule has 0 unspecified atom stereocenters. The molecule has 0 spiro atoms. The Morgan fingerprint density at radius 3 is 2.67 bits per heavy atom. The zero-order chi connectivity index (χ0) is 15.6. The molecule has 112 valence electrons. The second-order valence-corrected chi connectivity index (χ2v) is 5.51. The van der Waals surface area contributed by atoms with Crippen molar-refractivity contribution in [2.75, 3.05) is 11.1 Å². The molecule has 0 aliphatic carbocycles. The average molecular weight is 290 g/mol. The van der Waals surface area contributed by atoms with E-state index in [1.165, 1.54) is 6.33 Å². The highest BCUT2D eigenvalue weighted by atomic mass is 16.6. The van der Waals surface area contributed by atoms with Crippen LogP contribution in [0.4, 0.5) is 16.4 Å². The van der Waals surface area contributed by atoms with E-state index in [-0.39, 0.29) is 11.6 Å². The number of carbonyl (C=O) groups excluding carboxylic acids is 1. The van der Waals surface area contributed by atoms with E-state index in [0.29, 0.717) is 11.1 Å². The van der Waals surface area contributed by atoms with Gasteiger partial charge in [0.05, 0.1) is 11.8 Å². The van der Waals surface area contributed by atoms with Crippen molar-refractivity contribution in [2.45, 2.75) is 26.4 Å². The lowest BCUT2D eigenvalue weighted by molar-refractivity contribution is 0.0635. The Balaban J connectivity index is 2.32. The number of anilines is 2. The van der Waals surface area contributed by atoms with Crippen LogP contribution in [0, 0.1) is 0 Å². The number of nitrogens with two attached hydrogens (primary N) is 1. The molecule has 0 atom stereocenters. The molecule has 2 aromatic heterocycles. The SMILES string of the molecule is Cn1cc(-c2c(N)ncnc2NC(=O)OC(C)(C)C)cn1. The minimum absolute atomic E-state index is 0.254. The maximum absolute atomic E-state index is 11.9. The number of hydrogen-bond acceptors (Lipinski definition) is 6. The minimum atomic E-state index is -0.606. The maximum atomic E-state index is 11.9. The van der Waals surface area contributed by atoms with Crippen LogP contribution in [-0.4, -0.2) is 31.4 Å². The molecule has 0 saturated carbocycles. The molecule has 0 saturated heterocycles. The minimum Gasteiger partial charge on any atom is -0.444 e. The molecule has 21 heavy (non-hydrogen) atoms. The Kier molecular flexibility index (Phi) is 3.79. The molecule has 8 nitrogen and oxygen atoms in total. The molecule has 8 heteroatoms. The number of aromatic nitrogens is 4. The number of carbonyl (C=O) groups is 1. The number of ether oxygens (including phenoxy) is 1. The van der Waals surface area contributed by atoms with Crippen LogP contribution in [-0.2, 0) is 11.8 Å². The van der Waals surface area contributed by atoms with Crippen molar-refractivity contribution in [1.29, 1.82) is 0 Å². The summed E-state index contributed by atoms with van der Waals surface area (Å²) in [5.41, 5.74) is 6.51. The first-order chi connectivity index (χ1) is 9.76. The molecule has 0 aliphatic rings. The summed E-state index contributed by atoms with van der Waals surface area (Å²) in [4.78, 5) is 19.9. The molecular weight excluding hydrogens is 272 g/mol. The Morgan fingerprint density at radius 1 is 1.38 bits per heavy atom. The molecule has 0 bridgehead atoms. The third-order valence-corrected chi connectivity index (χ3v) is 2.49. The topological polar surface area (TPSA) is 108 Å². The van der Waals surface area contributed by atoms with E-state index in [1.807, 2.05) is 0 Å². The monoisotopic (exact) mass is 290 g/mol. The quantitative estimate of drug-likeness (QED) is 0.873. The summed E-state index contributed by atoms with van der Waals surface area (Å²) < 4.78 is 6.83. The van der Waals surface area contributed by atoms with Gasteiger partial charge in [-0.3, -0.25) is 10.00 Å². The zero-order valence-corrected chi connectivity index (χ0v) is 12.4. The van der Waals surface area contributed by atoms with Crippen LogP contribution in [0.3, 0.4) is 0 Å². The standard InChI is InChI=1S/C13H18N6O2/c1-13(2,3)21-12(20)18-11-9(10(14)15-7-16-11)8-5-17-19(4)6-8/h5-7H,1-4H3,(H3,14,15,16,18,20). The number of hydrogen-bond donors (Lipinski definition) is 2. The smallest absolute Gasteiger partial charge is 0.413 e. The van der Waals surface area contributed by atoms with Crippen molar-refractivity contribution in [3.05, 3.63) is 18.7 Å². The number of nitrogen functional groups attached to an aromatic ring is 1. The fourth-order valence-corrected chi connectivity index (χ4v) is 1.73. The van der Waals surface area contributed by atoms with Crippen molar-refractivity contribution in [3.63, 3.8) is 0 Å². The normalized spacial score (nSPS) is 11.2. The fraction of sp³-hybridized carbons (Fsp3) is 0.385. The van der Waals surface area contributed by atoms with Gasteiger partial charge in [0.25, 0.3) is 0 Å². The van der Waals surface area contributed by atoms with Gasteiger partial charge in [-0.15, -0.1) is 0 Å². The molecule has 2 aromatic rings. The first-order valence-electron chi connectivity index (χ1n) is 6.36. The summed E-state index contributed by atoms with van der Waals surface area (Å²) in [6.45, 7) is 5.34. The third-order valence-electron chi connectivity index (χ3n) is 2.49. The molecule has 2 heterocycles. The lowest BCUT2D eigenvalue weighted by atomic mass is 10.1. The summed E-state index contributed by atoms with van der Waals surface area (Å²) in [5, 5.41) is 6.66. The molecule has 1 amide bonds. The highest BCUT2D eigenvalue weighted by Crippen LogP contribution is 2.30. The molecule has 0 aromatic carbocycles. The molecular formula is C13H18N6O2. The van der Waals surface area contributed by atoms with Crippen LogP contribution in [0.25, 0.3) is 11.1 Å². The van der Waals surface area contributed by atoms with Gasteiger partial charge < -0.3 is 10.5 Å².